The first-order valence-electron chi connectivity index (χ1n) is 27.8. The second-order valence-electron chi connectivity index (χ2n) is 24.3. The number of para-hydroxylation sites is 2. The molecule has 5 aromatic carbocycles. The van der Waals surface area contributed by atoms with Gasteiger partial charge in [0.05, 0.1) is 70.7 Å². The maximum absolute atomic E-state index is 15.9. The van der Waals surface area contributed by atoms with Crippen molar-refractivity contribution in [1.29, 1.82) is 0 Å². The van der Waals surface area contributed by atoms with Crippen LogP contribution in [-0.2, 0) is 14.3 Å². The van der Waals surface area contributed by atoms with E-state index in [-0.39, 0.29) is 77.8 Å². The number of morpholine rings is 1. The second kappa shape index (κ2) is 14.1. The number of piperidine rings is 2. The summed E-state index contributed by atoms with van der Waals surface area (Å²) in [6.07, 6.45) is 15.6. The number of nitrogens with zero attached hydrogens (tertiary/aromatic N) is 5. The number of hydrogen-bond acceptors (Lipinski definition) is 7. The molecule has 0 N–H and O–H groups in total. The fourth-order valence-electron chi connectivity index (χ4n) is 19.6. The van der Waals surface area contributed by atoms with Crippen molar-refractivity contribution < 1.29 is 14.3 Å². The standard InChI is InChI=1S/C61H59N5O4S/c67-59-38-15-6-4-13-34(38)42-29-40(58-57-53(42)63(59)44-17-8-7-16-43(44)62(57)50-32-11-2-1-10-30(32)21-27-49(50)71-58)31-20-22-39-41(28-31)36-24-26-48-56-52(36)65(61(39)69)46-19-9-18-45-54(46)66(56)55-47(70-48)25-23-35-33-12-3-5-14-37(33)60(68)64(45)51(35)55/h1-2,4,6-8,10-11,13,15-17,21,27,29,31,33,35-37,39,41,45-48,51-52,54-56H,3,5,9,12,14,18-20,22-26,28H2. The highest BCUT2D eigenvalue weighted by atomic mass is 32.2. The van der Waals surface area contributed by atoms with Crippen molar-refractivity contribution in [2.75, 3.05) is 4.90 Å². The SMILES string of the molecule is O=C1C2CCCCC2C2CCC3OC4CCC5C6CC(c7cc8c9ccccc9c(=O)n9c8c8c7Sc7ccc%10ccccc%10c7N8c7ccccc7-9)CCC6C(=O)N6C7CCCC8C7N(C3C2N18)C4C56. The lowest BCUT2D eigenvalue weighted by Gasteiger charge is -2.76. The van der Waals surface area contributed by atoms with Crippen molar-refractivity contribution >= 4 is 73.1 Å². The minimum Gasteiger partial charge on any atom is -0.372 e. The van der Waals surface area contributed by atoms with Gasteiger partial charge in [-0.05, 0) is 153 Å². The van der Waals surface area contributed by atoms with Gasteiger partial charge in [0.1, 0.15) is 0 Å². The Hall–Kier alpha value is -5.16. The molecule has 10 fully saturated rings. The van der Waals surface area contributed by atoms with E-state index in [0.29, 0.717) is 35.5 Å². The van der Waals surface area contributed by atoms with Gasteiger partial charge in [-0.3, -0.25) is 23.9 Å². The van der Waals surface area contributed by atoms with Crippen molar-refractivity contribution in [2.24, 2.45) is 35.5 Å². The number of piperazine rings is 2. The molecule has 358 valence electrons. The lowest BCUT2D eigenvalue weighted by Crippen LogP contribution is -2.90. The first-order valence-corrected chi connectivity index (χ1v) is 28.6. The van der Waals surface area contributed by atoms with Crippen molar-refractivity contribution in [3.8, 4) is 5.69 Å². The summed E-state index contributed by atoms with van der Waals surface area (Å²) in [5.74, 6) is 3.18. The first kappa shape index (κ1) is 40.3. The number of rotatable bonds is 1. The molecule has 1 aromatic heterocycles. The van der Waals surface area contributed by atoms with Crippen LogP contribution in [0.4, 0.5) is 17.1 Å². The third-order valence-electron chi connectivity index (χ3n) is 21.9. The summed E-state index contributed by atoms with van der Waals surface area (Å²) in [6.45, 7) is 0. The molecular weight excluding hydrogens is 899 g/mol. The Bertz CT molecular complexity index is 3460. The van der Waals surface area contributed by atoms with Crippen LogP contribution in [0.15, 0.2) is 106 Å². The Kier molecular flexibility index (Phi) is 8.02. The number of carbonyl (C=O) groups is 2. The Balaban J connectivity index is 0.789. The van der Waals surface area contributed by atoms with E-state index in [1.165, 1.54) is 57.5 Å². The van der Waals surface area contributed by atoms with E-state index in [9.17, 15) is 4.79 Å². The van der Waals surface area contributed by atoms with Gasteiger partial charge in [-0.1, -0.05) is 85.3 Å². The molecule has 12 aliphatic rings. The molecule has 9 nitrogen and oxygen atoms in total. The van der Waals surface area contributed by atoms with Crippen molar-refractivity contribution in [3.05, 3.63) is 107 Å². The Labute approximate surface area is 417 Å². The topological polar surface area (TPSA) is 78.3 Å². The number of fused-ring (bicyclic) bond motifs is 15. The Morgan fingerprint density at radius 2 is 1.20 bits per heavy atom. The summed E-state index contributed by atoms with van der Waals surface area (Å²) in [5.41, 5.74) is 6.68. The summed E-state index contributed by atoms with van der Waals surface area (Å²) in [6, 6.07) is 34.1. The molecule has 6 aromatic rings. The van der Waals surface area contributed by atoms with E-state index in [2.05, 4.69) is 98.5 Å². The first-order chi connectivity index (χ1) is 35.0. The average Bonchev–Trinajstić information content (AvgIpc) is 3.42. The lowest BCUT2D eigenvalue weighted by molar-refractivity contribution is -0.301. The molecule has 2 amide bonds. The number of pyridine rings is 1. The van der Waals surface area contributed by atoms with Crippen LogP contribution in [0.5, 0.6) is 0 Å². The van der Waals surface area contributed by atoms with Gasteiger partial charge in [0.15, 0.2) is 0 Å². The summed E-state index contributed by atoms with van der Waals surface area (Å²) in [4.78, 5) is 59.0. The van der Waals surface area contributed by atoms with Crippen LogP contribution >= 0.6 is 11.8 Å². The summed E-state index contributed by atoms with van der Waals surface area (Å²) < 4.78 is 9.50. The molecule has 8 heterocycles. The molecule has 0 spiro atoms. The molecule has 0 bridgehead atoms. The number of ether oxygens (including phenoxy) is 1. The number of anilines is 3. The van der Waals surface area contributed by atoms with Gasteiger partial charge in [-0.25, -0.2) is 0 Å². The normalized spacial score (nSPS) is 38.6. The van der Waals surface area contributed by atoms with E-state index in [4.69, 9.17) is 4.74 Å². The summed E-state index contributed by atoms with van der Waals surface area (Å²) >= 11 is 1.90. The highest BCUT2D eigenvalue weighted by molar-refractivity contribution is 7.99. The second-order valence-corrected chi connectivity index (χ2v) is 25.3. The van der Waals surface area contributed by atoms with Crippen molar-refractivity contribution in [3.63, 3.8) is 0 Å². The maximum Gasteiger partial charge on any atom is 0.263 e. The van der Waals surface area contributed by atoms with Crippen LogP contribution in [-0.4, -0.2) is 85.6 Å². The number of aromatic nitrogens is 1. The molecule has 0 radical (unpaired) electrons. The van der Waals surface area contributed by atoms with Crippen LogP contribution in [0.1, 0.15) is 101 Å². The molecule has 5 aliphatic carbocycles. The van der Waals surface area contributed by atoms with Gasteiger partial charge in [-0.2, -0.15) is 0 Å². The van der Waals surface area contributed by atoms with E-state index in [1.54, 1.807) is 0 Å². The molecule has 71 heavy (non-hydrogen) atoms. The molecular formula is C61H59N5O4S. The molecule has 10 heteroatoms. The van der Waals surface area contributed by atoms with Gasteiger partial charge in [0.2, 0.25) is 11.8 Å². The predicted molar refractivity (Wildman–Crippen MR) is 276 cm³/mol. The Morgan fingerprint density at radius 1 is 0.521 bits per heavy atom. The smallest absolute Gasteiger partial charge is 0.263 e. The number of carbonyl (C=O) groups excluding carboxylic acids is 2. The quantitative estimate of drug-likeness (QED) is 0.152. The van der Waals surface area contributed by atoms with Crippen LogP contribution in [0.25, 0.3) is 38.1 Å². The minimum absolute atomic E-state index is 0.0209. The highest BCUT2D eigenvalue weighted by Gasteiger charge is 2.72. The molecule has 16 unspecified atom stereocenters. The monoisotopic (exact) mass is 957 g/mol. The van der Waals surface area contributed by atoms with Crippen molar-refractivity contribution in [1.82, 2.24) is 19.3 Å². The van der Waals surface area contributed by atoms with Gasteiger partial charge < -0.3 is 19.4 Å². The van der Waals surface area contributed by atoms with E-state index >= 15 is 9.59 Å². The Morgan fingerprint density at radius 3 is 1.99 bits per heavy atom. The largest absolute Gasteiger partial charge is 0.372 e. The number of hydrogen-bond donors (Lipinski definition) is 0. The minimum atomic E-state index is 0.0209. The van der Waals surface area contributed by atoms with Gasteiger partial charge in [-0.15, -0.1) is 0 Å². The zero-order valence-electron chi connectivity index (χ0n) is 40.1. The molecule has 5 saturated heterocycles. The maximum atomic E-state index is 15.9. The van der Waals surface area contributed by atoms with E-state index < -0.39 is 0 Å². The molecule has 18 rings (SSSR count). The fourth-order valence-corrected chi connectivity index (χ4v) is 20.9. The average molecular weight is 958 g/mol. The molecule has 7 aliphatic heterocycles. The van der Waals surface area contributed by atoms with Crippen LogP contribution in [0, 0.1) is 35.5 Å². The predicted octanol–water partition coefficient (Wildman–Crippen LogP) is 11.2. The number of amides is 2. The molecule has 5 saturated carbocycles. The van der Waals surface area contributed by atoms with E-state index in [0.717, 1.165) is 103 Å². The van der Waals surface area contributed by atoms with Crippen LogP contribution < -0.4 is 10.5 Å². The van der Waals surface area contributed by atoms with Crippen LogP contribution in [0.3, 0.4) is 0 Å². The van der Waals surface area contributed by atoms with Crippen LogP contribution in [0.2, 0.25) is 0 Å². The summed E-state index contributed by atoms with van der Waals surface area (Å²) in [5, 5.41) is 5.32. The zero-order valence-corrected chi connectivity index (χ0v) is 40.9. The third kappa shape index (κ3) is 4.89. The zero-order chi connectivity index (χ0) is 46.3. The summed E-state index contributed by atoms with van der Waals surface area (Å²) in [7, 11) is 0. The third-order valence-corrected chi connectivity index (χ3v) is 23.0. The lowest BCUT2D eigenvalue weighted by atomic mass is 9.54. The van der Waals surface area contributed by atoms with Gasteiger partial charge >= 0.3 is 0 Å². The fraction of sp³-hybridized carbons (Fsp3) is 0.492. The van der Waals surface area contributed by atoms with E-state index in [1.807, 2.05) is 28.5 Å². The van der Waals surface area contributed by atoms with Gasteiger partial charge in [0.25, 0.3) is 5.56 Å². The highest BCUT2D eigenvalue weighted by Crippen LogP contribution is 2.65. The van der Waals surface area contributed by atoms with Gasteiger partial charge in [0, 0.05) is 49.9 Å². The van der Waals surface area contributed by atoms with Crippen molar-refractivity contribution in [2.45, 2.75) is 160 Å². The molecule has 16 atom stereocenters. The number of benzene rings is 5.